The largest absolute Gasteiger partial charge is 0.314 e. The minimum absolute atomic E-state index is 0.0352. The van der Waals surface area contributed by atoms with E-state index in [4.69, 9.17) is 86.3 Å². The molecular formula is C58H26B11N. The fraction of sp³-hybridized carbons (Fsp3) is 0. The van der Waals surface area contributed by atoms with Gasteiger partial charge in [-0.15, -0.1) is 0 Å². The van der Waals surface area contributed by atoms with Crippen LogP contribution in [0.4, 0.5) is 17.1 Å². The maximum atomic E-state index is 7.34. The van der Waals surface area contributed by atoms with Crippen molar-refractivity contribution in [3.8, 4) is 33.4 Å². The molecule has 0 spiro atoms. The lowest BCUT2D eigenvalue weighted by atomic mass is 9.62. The molecule has 0 aliphatic rings. The quantitative estimate of drug-likeness (QED) is 0.184. The zero-order valence-electron chi connectivity index (χ0n) is 37.8. The topological polar surface area (TPSA) is 3.24 Å². The normalized spacial score (nSPS) is 11.8. The third-order valence-corrected chi connectivity index (χ3v) is 14.2. The van der Waals surface area contributed by atoms with Crippen molar-refractivity contribution in [1.82, 2.24) is 0 Å². The third kappa shape index (κ3) is 6.41. The van der Waals surface area contributed by atoms with Crippen LogP contribution in [0, 0.1) is 0 Å². The van der Waals surface area contributed by atoms with E-state index >= 15 is 0 Å². The van der Waals surface area contributed by atoms with Crippen LogP contribution in [0.15, 0.2) is 158 Å². The molecule has 12 rings (SSSR count). The maximum Gasteiger partial charge on any atom is 0.116 e. The zero-order valence-corrected chi connectivity index (χ0v) is 37.8. The average molecular weight is 856 g/mol. The van der Waals surface area contributed by atoms with Crippen molar-refractivity contribution in [2.75, 3.05) is 4.90 Å². The fourth-order valence-corrected chi connectivity index (χ4v) is 10.9. The van der Waals surface area contributed by atoms with Crippen LogP contribution in [0.3, 0.4) is 0 Å². The summed E-state index contributed by atoms with van der Waals surface area (Å²) < 4.78 is 0. The Morgan fingerprint density at radius 1 is 0.257 bits per heavy atom. The standard InChI is InChI=1S/C58H26B11N/c59-39-26-37(33-24-32-23-22-31-15-8-18-35-34-17-7-14-29-20-21-30-16-9-19-36(42(30)40(29)34)38(25-33)43(32)41(31)35)46(60)51(65)56(39)70(57-52(66)47(61)44(48(62)53(57)67)27-10-3-1-4-11-27)58-54(68)49(63)45(50(64)55(58)69)28-12-5-2-6-13-28/h1-26H. The van der Waals surface area contributed by atoms with Crippen molar-refractivity contribution in [2.24, 2.45) is 0 Å². The molecule has 0 aromatic heterocycles. The van der Waals surface area contributed by atoms with E-state index in [0.29, 0.717) is 27.8 Å². The molecule has 0 N–H and O–H groups in total. The number of benzene rings is 11. The summed E-state index contributed by atoms with van der Waals surface area (Å²) in [5.41, 5.74) is 5.10. The summed E-state index contributed by atoms with van der Waals surface area (Å²) in [7, 11) is 78.2. The summed E-state index contributed by atoms with van der Waals surface area (Å²) in [6.45, 7) is 0. The lowest BCUT2D eigenvalue weighted by molar-refractivity contribution is 1.36. The van der Waals surface area contributed by atoms with E-state index in [-0.39, 0.29) is 77.2 Å². The van der Waals surface area contributed by atoms with Gasteiger partial charge in [0.25, 0.3) is 0 Å². The molecule has 0 atom stereocenters. The molecule has 0 aliphatic carbocycles. The molecule has 0 unspecified atom stereocenters. The number of hydrogen-bond donors (Lipinski definition) is 0. The van der Waals surface area contributed by atoms with E-state index in [9.17, 15) is 0 Å². The van der Waals surface area contributed by atoms with Gasteiger partial charge in [0.1, 0.15) is 86.3 Å². The molecule has 0 saturated carbocycles. The first-order valence-electron chi connectivity index (χ1n) is 22.7. The summed E-state index contributed by atoms with van der Waals surface area (Å²) in [6, 6.07) is 53.0. The Kier molecular flexibility index (Phi) is 10.5. The molecule has 0 aliphatic heterocycles. The van der Waals surface area contributed by atoms with Gasteiger partial charge >= 0.3 is 0 Å². The van der Waals surface area contributed by atoms with Gasteiger partial charge in [0.15, 0.2) is 0 Å². The zero-order chi connectivity index (χ0) is 48.4. The van der Waals surface area contributed by atoms with E-state index in [1.54, 1.807) is 6.07 Å². The lowest BCUT2D eigenvalue weighted by Crippen LogP contribution is -2.52. The van der Waals surface area contributed by atoms with Crippen molar-refractivity contribution in [2.45, 2.75) is 0 Å². The second-order valence-corrected chi connectivity index (χ2v) is 18.0. The molecule has 1 nitrogen and oxygen atoms in total. The predicted octanol–water partition coefficient (Wildman–Crippen LogP) is 3.25. The molecule has 12 aromatic carbocycles. The van der Waals surface area contributed by atoms with Crippen molar-refractivity contribution < 1.29 is 0 Å². The first-order chi connectivity index (χ1) is 33.8. The first kappa shape index (κ1) is 44.2. The summed E-state index contributed by atoms with van der Waals surface area (Å²) in [6.07, 6.45) is 0. The van der Waals surface area contributed by atoms with Gasteiger partial charge in [0.2, 0.25) is 0 Å². The van der Waals surface area contributed by atoms with Crippen LogP contribution < -0.4 is 65.0 Å². The molecule has 12 aromatic rings. The van der Waals surface area contributed by atoms with E-state index < -0.39 is 0 Å². The van der Waals surface area contributed by atoms with Crippen LogP contribution in [0.5, 0.6) is 0 Å². The smallest absolute Gasteiger partial charge is 0.116 e. The number of anilines is 3. The Morgan fingerprint density at radius 2 is 0.629 bits per heavy atom. The molecule has 0 fully saturated rings. The second kappa shape index (κ2) is 16.6. The Hall–Kier alpha value is -7.03. The number of nitrogens with zero attached hydrogens (tertiary/aromatic N) is 1. The highest BCUT2D eigenvalue weighted by atomic mass is 15.2. The second-order valence-electron chi connectivity index (χ2n) is 18.0. The van der Waals surface area contributed by atoms with Crippen LogP contribution in [0.1, 0.15) is 0 Å². The molecule has 296 valence electrons. The van der Waals surface area contributed by atoms with Crippen LogP contribution in [-0.4, -0.2) is 86.3 Å². The van der Waals surface area contributed by atoms with Crippen LogP contribution in [-0.2, 0) is 0 Å². The fourth-order valence-electron chi connectivity index (χ4n) is 10.9. The van der Waals surface area contributed by atoms with Crippen LogP contribution in [0.25, 0.3) is 98.0 Å². The molecule has 12 heteroatoms. The molecule has 70 heavy (non-hydrogen) atoms. The SMILES string of the molecule is [B]c1cc(-c2cc3ccc4cccc5c6cccc7ccc8cccc(c(c2)c3c45)c8c76)c([B])c([B])c1N(c1c([B])c([B])c(-c2ccccc2)c([B])c1[B])c1c([B])c([B])c(-c2ccccc2)c([B])c1[B]. The summed E-state index contributed by atoms with van der Waals surface area (Å²) >= 11 is 0. The Labute approximate surface area is 421 Å². The monoisotopic (exact) mass is 857 g/mol. The van der Waals surface area contributed by atoms with Crippen molar-refractivity contribution in [3.63, 3.8) is 0 Å². The number of hydrogen-bond acceptors (Lipinski definition) is 1. The predicted molar refractivity (Wildman–Crippen MR) is 313 cm³/mol. The average Bonchev–Trinajstić information content (AvgIpc) is 3.37. The van der Waals surface area contributed by atoms with Gasteiger partial charge in [-0.25, -0.2) is 0 Å². The molecular weight excluding hydrogens is 830 g/mol. The number of fused-ring (bicyclic) bond motifs is 2. The Morgan fingerprint density at radius 3 is 1.06 bits per heavy atom. The number of rotatable bonds is 6. The van der Waals surface area contributed by atoms with Gasteiger partial charge in [-0.05, 0) is 110 Å². The summed E-state index contributed by atoms with van der Waals surface area (Å²) in [5, 5.41) is 13.6. The van der Waals surface area contributed by atoms with Crippen LogP contribution in [0.2, 0.25) is 0 Å². The summed E-state index contributed by atoms with van der Waals surface area (Å²) in [4.78, 5) is 1.54. The van der Waals surface area contributed by atoms with Gasteiger partial charge in [-0.3, -0.25) is 0 Å². The molecule has 0 saturated heterocycles. The van der Waals surface area contributed by atoms with E-state index in [1.165, 1.54) is 15.7 Å². The van der Waals surface area contributed by atoms with Gasteiger partial charge in [0, 0.05) is 17.1 Å². The first-order valence-corrected chi connectivity index (χ1v) is 22.7. The highest BCUT2D eigenvalue weighted by molar-refractivity contribution is 6.66. The van der Waals surface area contributed by atoms with Crippen molar-refractivity contribution in [1.29, 1.82) is 0 Å². The molecule has 0 amide bonds. The van der Waals surface area contributed by atoms with Gasteiger partial charge < -0.3 is 4.90 Å². The third-order valence-electron chi connectivity index (χ3n) is 14.2. The highest BCUT2D eigenvalue weighted by Gasteiger charge is 2.29. The molecule has 22 radical (unpaired) electrons. The lowest BCUT2D eigenvalue weighted by Gasteiger charge is -2.39. The minimum atomic E-state index is 0.0352. The van der Waals surface area contributed by atoms with Gasteiger partial charge in [0.05, 0.1) is 0 Å². The van der Waals surface area contributed by atoms with Crippen molar-refractivity contribution >= 4 is 228 Å². The van der Waals surface area contributed by atoms with Crippen molar-refractivity contribution in [3.05, 3.63) is 158 Å². The highest BCUT2D eigenvalue weighted by Crippen LogP contribution is 2.44. The minimum Gasteiger partial charge on any atom is -0.314 e. The van der Waals surface area contributed by atoms with E-state index in [0.717, 1.165) is 59.4 Å². The Balaban J connectivity index is 1.16. The van der Waals surface area contributed by atoms with Gasteiger partial charge in [-0.2, -0.15) is 0 Å². The summed E-state index contributed by atoms with van der Waals surface area (Å²) in [5.74, 6) is 0. The van der Waals surface area contributed by atoms with E-state index in [1.807, 2.05) is 60.7 Å². The molecule has 0 bridgehead atoms. The Bertz CT molecular complexity index is 4020. The maximum absolute atomic E-state index is 7.34. The van der Waals surface area contributed by atoms with Crippen LogP contribution >= 0.6 is 0 Å². The van der Waals surface area contributed by atoms with Gasteiger partial charge in [-0.1, -0.05) is 206 Å². The van der Waals surface area contributed by atoms with E-state index in [2.05, 4.69) is 91.0 Å². The molecule has 0 heterocycles.